The van der Waals surface area contributed by atoms with Crippen molar-refractivity contribution in [3.8, 4) is 22.3 Å². The highest BCUT2D eigenvalue weighted by Gasteiger charge is 2.42. The zero-order valence-corrected chi connectivity index (χ0v) is 33.3. The van der Waals surface area contributed by atoms with Crippen molar-refractivity contribution in [3.05, 3.63) is 161 Å². The van der Waals surface area contributed by atoms with Gasteiger partial charge in [-0.3, -0.25) is 0 Å². The average Bonchev–Trinajstić information content (AvgIpc) is 3.18. The molecule has 2 aliphatic heterocycles. The topological polar surface area (TPSA) is 15.3 Å². The molecule has 0 saturated carbocycles. The van der Waals surface area contributed by atoms with E-state index in [0.29, 0.717) is 0 Å². The largest absolute Gasteiger partial charge is 0.355 e. The van der Waals surface area contributed by atoms with E-state index in [1.54, 1.807) is 0 Å². The number of aryl methyl sites for hydroxylation is 1. The van der Waals surface area contributed by atoms with Crippen molar-refractivity contribution in [2.45, 2.75) is 77.6 Å². The van der Waals surface area contributed by atoms with E-state index in [4.69, 9.17) is 0 Å². The van der Waals surface area contributed by atoms with Gasteiger partial charge < -0.3 is 10.2 Å². The van der Waals surface area contributed by atoms with Crippen molar-refractivity contribution in [3.63, 3.8) is 0 Å². The van der Waals surface area contributed by atoms with Gasteiger partial charge in [-0.15, -0.1) is 0 Å². The molecule has 270 valence electrons. The highest BCUT2D eigenvalue weighted by Crippen LogP contribution is 2.55. The van der Waals surface area contributed by atoms with Crippen LogP contribution in [0.5, 0.6) is 0 Å². The van der Waals surface area contributed by atoms with Crippen LogP contribution in [0.3, 0.4) is 0 Å². The van der Waals surface area contributed by atoms with Crippen molar-refractivity contribution in [2.75, 3.05) is 10.2 Å². The molecule has 2 heterocycles. The number of fused-ring (bicyclic) bond motifs is 6. The fraction of sp³-hybridized carbons (Fsp3) is 0.231. The number of nitrogens with one attached hydrogen (secondary N) is 1. The molecule has 0 bridgehead atoms. The minimum Gasteiger partial charge on any atom is -0.355 e. The molecule has 1 aliphatic carbocycles. The molecule has 0 unspecified atom stereocenters. The zero-order valence-electron chi connectivity index (χ0n) is 33.3. The van der Waals surface area contributed by atoms with Gasteiger partial charge in [-0.1, -0.05) is 132 Å². The maximum atomic E-state index is 3.96. The summed E-state index contributed by atoms with van der Waals surface area (Å²) < 4.78 is 0. The Labute approximate surface area is 327 Å². The van der Waals surface area contributed by atoms with Gasteiger partial charge in [-0.2, -0.15) is 0 Å². The summed E-state index contributed by atoms with van der Waals surface area (Å²) in [4.78, 5) is 2.64. The van der Waals surface area contributed by atoms with E-state index in [0.717, 1.165) is 13.0 Å². The number of nitrogens with zero attached hydrogens (tertiary/aromatic N) is 1. The van der Waals surface area contributed by atoms with E-state index in [2.05, 4.69) is 192 Å². The first-order valence-electron chi connectivity index (χ1n) is 20.1. The molecular formula is C52H49BN2. The van der Waals surface area contributed by atoms with Crippen LogP contribution in [-0.4, -0.2) is 7.28 Å². The molecule has 2 nitrogen and oxygen atoms in total. The Morgan fingerprint density at radius 3 is 1.96 bits per heavy atom. The van der Waals surface area contributed by atoms with Crippen LogP contribution in [0.1, 0.15) is 82.2 Å². The molecule has 0 fully saturated rings. The van der Waals surface area contributed by atoms with Crippen molar-refractivity contribution in [2.24, 2.45) is 0 Å². The Hall–Kier alpha value is -5.54. The van der Waals surface area contributed by atoms with Gasteiger partial charge in [0.05, 0.1) is 5.69 Å². The molecule has 0 saturated heterocycles. The summed E-state index contributed by atoms with van der Waals surface area (Å²) in [5.74, 6) is 0. The van der Waals surface area contributed by atoms with Gasteiger partial charge in [0.2, 0.25) is 0 Å². The zero-order chi connectivity index (χ0) is 37.9. The number of hydrogen-bond donors (Lipinski definition) is 1. The molecule has 0 aromatic heterocycles. The summed E-state index contributed by atoms with van der Waals surface area (Å²) in [7, 11) is 0.869. The lowest BCUT2D eigenvalue weighted by molar-refractivity contribution is 0.332. The van der Waals surface area contributed by atoms with Crippen LogP contribution in [0.4, 0.5) is 28.4 Å². The third-order valence-electron chi connectivity index (χ3n) is 13.4. The molecule has 10 rings (SSSR count). The molecule has 0 atom stereocenters. The van der Waals surface area contributed by atoms with E-state index in [-0.39, 0.29) is 16.2 Å². The van der Waals surface area contributed by atoms with Crippen molar-refractivity contribution in [1.82, 2.24) is 0 Å². The number of rotatable bonds is 4. The van der Waals surface area contributed by atoms with Crippen LogP contribution in [0.25, 0.3) is 33.0 Å². The normalized spacial score (nSPS) is 16.7. The van der Waals surface area contributed by atoms with Gasteiger partial charge in [0.1, 0.15) is 0 Å². The first-order valence-corrected chi connectivity index (χ1v) is 20.1. The highest BCUT2D eigenvalue weighted by atomic mass is 15.2. The van der Waals surface area contributed by atoms with Gasteiger partial charge in [-0.25, -0.2) is 0 Å². The fourth-order valence-corrected chi connectivity index (χ4v) is 10.1. The lowest BCUT2D eigenvalue weighted by atomic mass is 9.55. The second-order valence-corrected chi connectivity index (χ2v) is 18.2. The molecule has 3 aliphatic rings. The van der Waals surface area contributed by atoms with Crippen LogP contribution in [-0.2, 0) is 16.2 Å². The maximum absolute atomic E-state index is 3.96. The standard InChI is InChI=1S/C52H49BN2/c1-32-16-11-14-21-37(32)35-26-39(38-30-41-42(51(4,5)25-24-50(41,2)3)31-45(38)54-36-19-9-8-10-20-36)48-47(29-35)55-46-28-34-18-13-12-17-33(34)27-43(46)52(6,7)40-22-15-23-44(53-48)49(40)55/h8-23,26-31,53-54H,24-25H2,1-7H3. The Kier molecular flexibility index (Phi) is 7.40. The van der Waals surface area contributed by atoms with Crippen LogP contribution in [0, 0.1) is 6.92 Å². The summed E-state index contributed by atoms with van der Waals surface area (Å²) in [6.45, 7) is 16.8. The Balaban J connectivity index is 1.32. The molecule has 1 N–H and O–H groups in total. The lowest BCUT2D eigenvalue weighted by Crippen LogP contribution is -2.45. The van der Waals surface area contributed by atoms with E-state index < -0.39 is 0 Å². The van der Waals surface area contributed by atoms with Crippen LogP contribution < -0.4 is 21.1 Å². The molecular weight excluding hydrogens is 663 g/mol. The monoisotopic (exact) mass is 712 g/mol. The third kappa shape index (κ3) is 5.23. The number of hydrogen-bond acceptors (Lipinski definition) is 2. The fourth-order valence-electron chi connectivity index (χ4n) is 10.1. The third-order valence-corrected chi connectivity index (χ3v) is 13.4. The quantitative estimate of drug-likeness (QED) is 0.183. The number of benzene rings is 7. The summed E-state index contributed by atoms with van der Waals surface area (Å²) in [6.07, 6.45) is 2.34. The molecule has 3 heteroatoms. The van der Waals surface area contributed by atoms with Crippen LogP contribution >= 0.6 is 0 Å². The van der Waals surface area contributed by atoms with E-state index >= 15 is 0 Å². The number of para-hydroxylation sites is 2. The summed E-state index contributed by atoms with van der Waals surface area (Å²) in [5.41, 5.74) is 21.1. The van der Waals surface area contributed by atoms with Gasteiger partial charge in [-0.05, 0) is 140 Å². The molecule has 0 radical (unpaired) electrons. The predicted molar refractivity (Wildman–Crippen MR) is 238 cm³/mol. The molecule has 7 aromatic rings. The SMILES string of the molecule is Cc1ccccc1-c1cc(-c2cc3c(cc2Nc2ccccc2)C(C)(C)CCC3(C)C)c2c(c1)N1c3cc4ccccc4cc3C(C)(C)c3cccc(c31)B2. The smallest absolute Gasteiger partial charge is 0.198 e. The second-order valence-electron chi connectivity index (χ2n) is 18.2. The molecule has 55 heavy (non-hydrogen) atoms. The minimum absolute atomic E-state index is 0.0680. The Morgan fingerprint density at radius 2 is 1.22 bits per heavy atom. The van der Waals surface area contributed by atoms with Crippen LogP contribution in [0.2, 0.25) is 0 Å². The molecule has 7 aromatic carbocycles. The van der Waals surface area contributed by atoms with Crippen molar-refractivity contribution < 1.29 is 0 Å². The van der Waals surface area contributed by atoms with Crippen molar-refractivity contribution >= 4 is 57.4 Å². The van der Waals surface area contributed by atoms with E-state index in [1.165, 1.54) is 107 Å². The summed E-state index contributed by atoms with van der Waals surface area (Å²) in [6, 6.07) is 50.5. The highest BCUT2D eigenvalue weighted by molar-refractivity contribution is 6.73. The van der Waals surface area contributed by atoms with Crippen LogP contribution in [0.15, 0.2) is 133 Å². The minimum atomic E-state index is -0.154. The van der Waals surface area contributed by atoms with Crippen molar-refractivity contribution in [1.29, 1.82) is 0 Å². The van der Waals surface area contributed by atoms with Gasteiger partial charge in [0.15, 0.2) is 7.28 Å². The predicted octanol–water partition coefficient (Wildman–Crippen LogP) is 12.4. The van der Waals surface area contributed by atoms with Gasteiger partial charge in [0, 0.05) is 33.7 Å². The van der Waals surface area contributed by atoms with Gasteiger partial charge in [0.25, 0.3) is 0 Å². The second kappa shape index (κ2) is 12.0. The van der Waals surface area contributed by atoms with E-state index in [1.807, 2.05) is 0 Å². The average molecular weight is 713 g/mol. The lowest BCUT2D eigenvalue weighted by Gasteiger charge is -2.46. The summed E-state index contributed by atoms with van der Waals surface area (Å²) in [5, 5.41) is 6.52. The Bertz CT molecular complexity index is 2700. The first kappa shape index (κ1) is 34.0. The Morgan fingerprint density at radius 1 is 0.545 bits per heavy atom. The van der Waals surface area contributed by atoms with Gasteiger partial charge >= 0.3 is 0 Å². The maximum Gasteiger partial charge on any atom is 0.198 e. The molecule has 0 amide bonds. The van der Waals surface area contributed by atoms with E-state index in [9.17, 15) is 0 Å². The molecule has 0 spiro atoms. The number of anilines is 5. The summed E-state index contributed by atoms with van der Waals surface area (Å²) >= 11 is 0. The first-order chi connectivity index (χ1) is 26.4.